The number of H-pyrrole nitrogens is 2. The van der Waals surface area contributed by atoms with Crippen molar-refractivity contribution in [2.45, 2.75) is 25.6 Å². The SMILES string of the molecule is COC(=O)[C@H](Cc1ccccc1)Nc1nc(NCc2nc3ccc(F)cc3[nH]2)nc(Nc2cccc(CN3CCN(C(=O)c4ncc[nH]c4=O)CC3)c2)n1. The highest BCUT2D eigenvalue weighted by Gasteiger charge is 2.25. The third-order valence-corrected chi connectivity index (χ3v) is 8.77. The Morgan fingerprint density at radius 3 is 2.48 bits per heavy atom. The van der Waals surface area contributed by atoms with Crippen molar-refractivity contribution in [2.24, 2.45) is 0 Å². The molecule has 5 N–H and O–H groups in total. The molecule has 1 saturated heterocycles. The smallest absolute Gasteiger partial charge is 0.328 e. The summed E-state index contributed by atoms with van der Waals surface area (Å²) >= 11 is 0. The van der Waals surface area contributed by atoms with Crippen LogP contribution in [0.4, 0.5) is 27.9 Å². The highest BCUT2D eigenvalue weighted by molar-refractivity contribution is 5.92. The lowest BCUT2D eigenvalue weighted by molar-refractivity contribution is -0.141. The number of aromatic nitrogens is 7. The van der Waals surface area contributed by atoms with Gasteiger partial charge in [-0.15, -0.1) is 0 Å². The summed E-state index contributed by atoms with van der Waals surface area (Å²) in [6, 6.07) is 20.8. The molecule has 16 nitrogen and oxygen atoms in total. The van der Waals surface area contributed by atoms with Gasteiger partial charge in [0, 0.05) is 57.2 Å². The van der Waals surface area contributed by atoms with Crippen LogP contribution in [0.5, 0.6) is 0 Å². The molecule has 1 atom stereocenters. The average Bonchev–Trinajstić information content (AvgIpc) is 3.59. The summed E-state index contributed by atoms with van der Waals surface area (Å²) in [4.78, 5) is 69.4. The first-order valence-corrected chi connectivity index (χ1v) is 17.2. The predicted octanol–water partition coefficient (Wildman–Crippen LogP) is 3.48. The molecule has 1 aliphatic heterocycles. The first-order valence-electron chi connectivity index (χ1n) is 17.2. The molecule has 4 heterocycles. The number of amides is 1. The van der Waals surface area contributed by atoms with Crippen LogP contribution in [0.3, 0.4) is 0 Å². The molecule has 0 radical (unpaired) electrons. The van der Waals surface area contributed by atoms with E-state index in [0.29, 0.717) is 61.7 Å². The van der Waals surface area contributed by atoms with Gasteiger partial charge in [0.15, 0.2) is 5.69 Å². The molecule has 0 bridgehead atoms. The second kappa shape index (κ2) is 16.3. The molecule has 54 heavy (non-hydrogen) atoms. The van der Waals surface area contributed by atoms with E-state index in [1.54, 1.807) is 11.0 Å². The van der Waals surface area contributed by atoms with E-state index >= 15 is 0 Å². The van der Waals surface area contributed by atoms with Gasteiger partial charge in [-0.2, -0.15) is 15.0 Å². The minimum Gasteiger partial charge on any atom is -0.467 e. The average molecular weight is 733 g/mol. The number of nitrogens with one attached hydrogen (secondary N) is 5. The molecule has 0 spiro atoms. The van der Waals surface area contributed by atoms with Gasteiger partial charge >= 0.3 is 5.97 Å². The number of halogens is 1. The number of rotatable bonds is 13. The quantitative estimate of drug-likeness (QED) is 0.108. The number of hydrogen-bond acceptors (Lipinski definition) is 13. The van der Waals surface area contributed by atoms with Crippen LogP contribution in [0.2, 0.25) is 0 Å². The van der Waals surface area contributed by atoms with Crippen molar-refractivity contribution in [2.75, 3.05) is 49.2 Å². The molecule has 0 saturated carbocycles. The Labute approximate surface area is 308 Å². The molecular weight excluding hydrogens is 695 g/mol. The minimum atomic E-state index is -0.797. The van der Waals surface area contributed by atoms with Gasteiger partial charge in [0.25, 0.3) is 11.5 Å². The second-order valence-corrected chi connectivity index (χ2v) is 12.6. The monoisotopic (exact) mass is 732 g/mol. The van der Waals surface area contributed by atoms with E-state index in [2.05, 4.69) is 55.7 Å². The maximum absolute atomic E-state index is 13.8. The molecule has 3 aromatic carbocycles. The lowest BCUT2D eigenvalue weighted by Gasteiger charge is -2.34. The van der Waals surface area contributed by atoms with E-state index in [0.717, 1.165) is 11.1 Å². The molecule has 17 heteroatoms. The van der Waals surface area contributed by atoms with E-state index in [1.165, 1.54) is 31.6 Å². The zero-order valence-corrected chi connectivity index (χ0v) is 29.3. The Kier molecular flexibility index (Phi) is 10.8. The zero-order chi connectivity index (χ0) is 37.4. The number of benzene rings is 3. The number of carbonyl (C=O) groups is 2. The fourth-order valence-electron chi connectivity index (χ4n) is 6.10. The number of anilines is 4. The largest absolute Gasteiger partial charge is 0.467 e. The highest BCUT2D eigenvalue weighted by atomic mass is 19.1. The summed E-state index contributed by atoms with van der Waals surface area (Å²) in [5, 5.41) is 9.54. The molecule has 1 fully saturated rings. The van der Waals surface area contributed by atoms with Crippen LogP contribution in [-0.2, 0) is 29.0 Å². The third kappa shape index (κ3) is 8.82. The maximum atomic E-state index is 13.8. The van der Waals surface area contributed by atoms with Crippen molar-refractivity contribution in [1.82, 2.24) is 44.7 Å². The van der Waals surface area contributed by atoms with Crippen LogP contribution in [-0.4, -0.2) is 95.9 Å². The van der Waals surface area contributed by atoms with E-state index in [9.17, 15) is 18.8 Å². The number of ether oxygens (including phenoxy) is 1. The standard InChI is InChI=1S/C37H37FN12O4/c1-54-34(53)29(19-23-6-3-2-4-7-23)45-37-47-35(41-21-30-43-27-11-10-25(38)20-28(27)44-30)46-36(48-37)42-26-9-5-8-24(18-26)22-49-14-16-50(17-15-49)33(52)31-32(51)40-13-12-39-31/h2-13,18,20,29H,14-17,19,21-22H2,1H3,(H,40,51)(H,43,44)(H3,41,42,45,46,47,48)/t29-/m0/s1. The van der Waals surface area contributed by atoms with Gasteiger partial charge in [-0.3, -0.25) is 14.5 Å². The maximum Gasteiger partial charge on any atom is 0.328 e. The summed E-state index contributed by atoms with van der Waals surface area (Å²) in [6.07, 6.45) is 3.12. The van der Waals surface area contributed by atoms with Crippen LogP contribution < -0.4 is 21.5 Å². The fourth-order valence-corrected chi connectivity index (χ4v) is 6.10. The van der Waals surface area contributed by atoms with Crippen molar-refractivity contribution < 1.29 is 18.7 Å². The molecule has 0 unspecified atom stereocenters. The Balaban J connectivity index is 1.07. The first-order chi connectivity index (χ1) is 26.3. The van der Waals surface area contributed by atoms with Gasteiger partial charge in [-0.1, -0.05) is 42.5 Å². The van der Waals surface area contributed by atoms with Crippen LogP contribution in [0.1, 0.15) is 27.4 Å². The number of fused-ring (bicyclic) bond motifs is 1. The zero-order valence-electron chi connectivity index (χ0n) is 29.3. The number of carbonyl (C=O) groups excluding carboxylic acids is 2. The van der Waals surface area contributed by atoms with Crippen molar-refractivity contribution in [3.05, 3.63) is 124 Å². The fraction of sp³-hybridized carbons (Fsp3) is 0.243. The summed E-state index contributed by atoms with van der Waals surface area (Å²) in [6.45, 7) is 2.98. The van der Waals surface area contributed by atoms with Gasteiger partial charge in [0.05, 0.1) is 24.7 Å². The van der Waals surface area contributed by atoms with E-state index < -0.39 is 17.6 Å². The van der Waals surface area contributed by atoms with Gasteiger partial charge in [0.2, 0.25) is 17.8 Å². The van der Waals surface area contributed by atoms with Gasteiger partial charge in [-0.05, 0) is 41.5 Å². The second-order valence-electron chi connectivity index (χ2n) is 12.6. The van der Waals surface area contributed by atoms with Crippen LogP contribution >= 0.6 is 0 Å². The van der Waals surface area contributed by atoms with Crippen LogP contribution in [0, 0.1) is 5.82 Å². The molecule has 7 rings (SSSR count). The molecule has 1 aliphatic rings. The summed E-state index contributed by atoms with van der Waals surface area (Å²) < 4.78 is 18.9. The molecule has 3 aromatic heterocycles. The summed E-state index contributed by atoms with van der Waals surface area (Å²) in [5.74, 6) is -0.164. The van der Waals surface area contributed by atoms with Crippen LogP contribution in [0.15, 0.2) is 90.0 Å². The predicted molar refractivity (Wildman–Crippen MR) is 199 cm³/mol. The molecular formula is C37H37FN12O4. The van der Waals surface area contributed by atoms with Crippen molar-refractivity contribution in [1.29, 1.82) is 0 Å². The van der Waals surface area contributed by atoms with Gasteiger partial charge in [-0.25, -0.2) is 19.2 Å². The third-order valence-electron chi connectivity index (χ3n) is 8.77. The lowest BCUT2D eigenvalue weighted by atomic mass is 10.1. The Bertz CT molecular complexity index is 2310. The summed E-state index contributed by atoms with van der Waals surface area (Å²) in [5.41, 5.74) is 3.21. The van der Waals surface area contributed by atoms with Crippen molar-refractivity contribution >= 4 is 46.4 Å². The topological polar surface area (TPSA) is 199 Å². The van der Waals surface area contributed by atoms with E-state index in [4.69, 9.17) is 4.74 Å². The highest BCUT2D eigenvalue weighted by Crippen LogP contribution is 2.21. The first kappa shape index (κ1) is 35.6. The molecule has 276 valence electrons. The normalized spacial score (nSPS) is 13.7. The van der Waals surface area contributed by atoms with Gasteiger partial charge in [0.1, 0.15) is 17.7 Å². The van der Waals surface area contributed by atoms with Crippen molar-refractivity contribution in [3.8, 4) is 0 Å². The minimum absolute atomic E-state index is 0.108. The number of methoxy groups -OCH3 is 1. The molecule has 6 aromatic rings. The molecule has 1 amide bonds. The Morgan fingerprint density at radius 2 is 1.69 bits per heavy atom. The van der Waals surface area contributed by atoms with Crippen molar-refractivity contribution in [3.63, 3.8) is 0 Å². The number of esters is 1. The van der Waals surface area contributed by atoms with E-state index in [-0.39, 0.29) is 41.8 Å². The number of imidazole rings is 1. The number of nitrogens with zero attached hydrogens (tertiary/aromatic N) is 7. The molecule has 0 aliphatic carbocycles. The van der Waals surface area contributed by atoms with Gasteiger partial charge < -0.3 is 35.6 Å². The Morgan fingerprint density at radius 1 is 0.907 bits per heavy atom. The number of piperazine rings is 1. The van der Waals surface area contributed by atoms with Crippen LogP contribution in [0.25, 0.3) is 11.0 Å². The summed E-state index contributed by atoms with van der Waals surface area (Å²) in [7, 11) is 1.32. The Hall–Kier alpha value is -6.75. The number of aromatic amines is 2. The number of hydrogen-bond donors (Lipinski definition) is 5. The lowest BCUT2D eigenvalue weighted by Crippen LogP contribution is -2.49. The van der Waals surface area contributed by atoms with E-state index in [1.807, 2.05) is 54.6 Å².